The molecule has 0 bridgehead atoms. The van der Waals surface area contributed by atoms with E-state index < -0.39 is 0 Å². The molecule has 114 valence electrons. The molecule has 1 fully saturated rings. The number of benzene rings is 1. The highest BCUT2D eigenvalue weighted by molar-refractivity contribution is 6.00. The van der Waals surface area contributed by atoms with Crippen LogP contribution >= 0.6 is 0 Å². The number of nitrogens with one attached hydrogen (secondary N) is 1. The third-order valence-corrected chi connectivity index (χ3v) is 4.64. The number of likely N-dealkylation sites (tertiary alicyclic amines) is 1. The van der Waals surface area contributed by atoms with Gasteiger partial charge >= 0.3 is 0 Å². The molecule has 2 heterocycles. The van der Waals surface area contributed by atoms with Crippen molar-refractivity contribution in [1.29, 1.82) is 0 Å². The summed E-state index contributed by atoms with van der Waals surface area (Å²) >= 11 is 0. The van der Waals surface area contributed by atoms with Crippen LogP contribution in [0.5, 0.6) is 0 Å². The van der Waals surface area contributed by atoms with E-state index in [1.54, 1.807) is 0 Å². The number of fused-ring (bicyclic) bond motifs is 1. The van der Waals surface area contributed by atoms with Gasteiger partial charge in [-0.05, 0) is 50.2 Å². The van der Waals surface area contributed by atoms with E-state index in [1.165, 1.54) is 5.56 Å². The molecule has 1 aromatic carbocycles. The van der Waals surface area contributed by atoms with E-state index in [-0.39, 0.29) is 12.5 Å². The second kappa shape index (κ2) is 6.48. The molecule has 4 nitrogen and oxygen atoms in total. The van der Waals surface area contributed by atoms with Crippen molar-refractivity contribution in [1.82, 2.24) is 4.90 Å². The predicted molar refractivity (Wildman–Crippen MR) is 83.6 cm³/mol. The van der Waals surface area contributed by atoms with Crippen LogP contribution in [0, 0.1) is 0 Å². The van der Waals surface area contributed by atoms with E-state index >= 15 is 0 Å². The minimum Gasteiger partial charge on any atom is -0.396 e. The standard InChI is InChI=1S/C17H24N2O2/c20-12-4-8-14-7-3-11-19(14)17(21)15-9-1-5-13-6-2-10-18-16(13)15/h1,5,9,14,18,20H,2-4,6-8,10-12H2. The zero-order valence-corrected chi connectivity index (χ0v) is 12.5. The Morgan fingerprint density at radius 1 is 1.38 bits per heavy atom. The molecule has 1 amide bonds. The summed E-state index contributed by atoms with van der Waals surface area (Å²) in [4.78, 5) is 14.9. The maximum Gasteiger partial charge on any atom is 0.256 e. The number of para-hydroxylation sites is 1. The molecule has 2 aliphatic rings. The van der Waals surface area contributed by atoms with E-state index in [0.29, 0.717) is 6.04 Å². The summed E-state index contributed by atoms with van der Waals surface area (Å²) in [7, 11) is 0. The Hall–Kier alpha value is -1.55. The van der Waals surface area contributed by atoms with Crippen LogP contribution in [0.3, 0.4) is 0 Å². The average molecular weight is 288 g/mol. The van der Waals surface area contributed by atoms with Crippen molar-refractivity contribution >= 4 is 11.6 Å². The number of carbonyl (C=O) groups excluding carboxylic acids is 1. The summed E-state index contributed by atoms with van der Waals surface area (Å²) in [6, 6.07) is 6.36. The van der Waals surface area contributed by atoms with Gasteiger partial charge < -0.3 is 15.3 Å². The molecule has 0 saturated carbocycles. The SMILES string of the molecule is O=C(c1cccc2c1NCCC2)N1CCCC1CCCO. The number of aliphatic hydroxyl groups excluding tert-OH is 1. The Kier molecular flexibility index (Phi) is 4.44. The molecule has 0 radical (unpaired) electrons. The summed E-state index contributed by atoms with van der Waals surface area (Å²) in [5.41, 5.74) is 3.13. The van der Waals surface area contributed by atoms with Gasteiger partial charge in [0.2, 0.25) is 0 Å². The summed E-state index contributed by atoms with van der Waals surface area (Å²) in [6.45, 7) is 2.00. The van der Waals surface area contributed by atoms with Crippen molar-refractivity contribution in [3.05, 3.63) is 29.3 Å². The van der Waals surface area contributed by atoms with Gasteiger partial charge in [0, 0.05) is 25.7 Å². The molecule has 1 unspecified atom stereocenters. The fourth-order valence-electron chi connectivity index (χ4n) is 3.57. The number of aryl methyl sites for hydroxylation is 1. The quantitative estimate of drug-likeness (QED) is 0.894. The molecule has 0 aliphatic carbocycles. The van der Waals surface area contributed by atoms with Gasteiger partial charge in [-0.3, -0.25) is 4.79 Å². The van der Waals surface area contributed by atoms with Crippen molar-refractivity contribution in [3.63, 3.8) is 0 Å². The van der Waals surface area contributed by atoms with Crippen LogP contribution in [0.25, 0.3) is 0 Å². The first-order valence-electron chi connectivity index (χ1n) is 8.09. The highest BCUT2D eigenvalue weighted by Gasteiger charge is 2.30. The van der Waals surface area contributed by atoms with Gasteiger partial charge in [-0.2, -0.15) is 0 Å². The number of rotatable bonds is 4. The van der Waals surface area contributed by atoms with Crippen LogP contribution in [0.1, 0.15) is 48.0 Å². The summed E-state index contributed by atoms with van der Waals surface area (Å²) in [6.07, 6.45) is 6.01. The minimum atomic E-state index is 0.154. The monoisotopic (exact) mass is 288 g/mol. The molecular weight excluding hydrogens is 264 g/mol. The maximum absolute atomic E-state index is 12.9. The van der Waals surface area contributed by atoms with E-state index in [1.807, 2.05) is 17.0 Å². The Morgan fingerprint density at radius 2 is 2.29 bits per heavy atom. The Balaban J connectivity index is 1.81. The zero-order valence-electron chi connectivity index (χ0n) is 12.5. The van der Waals surface area contributed by atoms with Crippen LogP contribution in [-0.2, 0) is 6.42 Å². The Labute approximate surface area is 126 Å². The summed E-state index contributed by atoms with van der Waals surface area (Å²) < 4.78 is 0. The highest BCUT2D eigenvalue weighted by atomic mass is 16.3. The molecule has 4 heteroatoms. The van der Waals surface area contributed by atoms with Crippen LogP contribution in [-0.4, -0.2) is 41.7 Å². The van der Waals surface area contributed by atoms with Crippen molar-refractivity contribution in [2.75, 3.05) is 25.0 Å². The Morgan fingerprint density at radius 3 is 3.14 bits per heavy atom. The number of anilines is 1. The predicted octanol–water partition coefficient (Wildman–Crippen LogP) is 2.42. The summed E-state index contributed by atoms with van der Waals surface area (Å²) in [5.74, 6) is 0.154. The van der Waals surface area contributed by atoms with E-state index in [2.05, 4.69) is 11.4 Å². The first kappa shape index (κ1) is 14.4. The van der Waals surface area contributed by atoms with Gasteiger partial charge in [-0.1, -0.05) is 12.1 Å². The lowest BCUT2D eigenvalue weighted by Gasteiger charge is -2.27. The third-order valence-electron chi connectivity index (χ3n) is 4.64. The molecule has 0 spiro atoms. The molecule has 2 N–H and O–H groups in total. The van der Waals surface area contributed by atoms with Crippen molar-refractivity contribution < 1.29 is 9.90 Å². The lowest BCUT2D eigenvalue weighted by Crippen LogP contribution is -2.36. The lowest BCUT2D eigenvalue weighted by molar-refractivity contribution is 0.0725. The number of nitrogens with zero attached hydrogens (tertiary/aromatic N) is 1. The van der Waals surface area contributed by atoms with Crippen LogP contribution in [0.15, 0.2) is 18.2 Å². The first-order chi connectivity index (χ1) is 10.3. The highest BCUT2D eigenvalue weighted by Crippen LogP contribution is 2.30. The van der Waals surface area contributed by atoms with E-state index in [0.717, 1.165) is 62.9 Å². The topological polar surface area (TPSA) is 52.6 Å². The fraction of sp³-hybridized carbons (Fsp3) is 0.588. The Bertz CT molecular complexity index is 516. The second-order valence-electron chi connectivity index (χ2n) is 6.03. The van der Waals surface area contributed by atoms with Gasteiger partial charge in [0.1, 0.15) is 0 Å². The number of carbonyl (C=O) groups is 1. The number of hydrogen-bond donors (Lipinski definition) is 2. The smallest absolute Gasteiger partial charge is 0.256 e. The molecule has 3 rings (SSSR count). The fourth-order valence-corrected chi connectivity index (χ4v) is 3.57. The number of aliphatic hydroxyl groups is 1. The molecule has 1 aromatic rings. The number of hydrogen-bond acceptors (Lipinski definition) is 3. The van der Waals surface area contributed by atoms with Crippen LogP contribution in [0.2, 0.25) is 0 Å². The number of amides is 1. The normalized spacial score (nSPS) is 21.0. The molecule has 0 aromatic heterocycles. The summed E-state index contributed by atoms with van der Waals surface area (Å²) in [5, 5.41) is 12.4. The van der Waals surface area contributed by atoms with Gasteiger partial charge in [-0.25, -0.2) is 0 Å². The molecule has 1 saturated heterocycles. The average Bonchev–Trinajstić information content (AvgIpc) is 3.00. The molecular formula is C17H24N2O2. The van der Waals surface area contributed by atoms with Gasteiger partial charge in [0.15, 0.2) is 0 Å². The third kappa shape index (κ3) is 2.91. The lowest BCUT2D eigenvalue weighted by atomic mass is 9.98. The second-order valence-corrected chi connectivity index (χ2v) is 6.03. The van der Waals surface area contributed by atoms with Crippen molar-refractivity contribution in [2.45, 2.75) is 44.6 Å². The van der Waals surface area contributed by atoms with Crippen molar-refractivity contribution in [2.24, 2.45) is 0 Å². The first-order valence-corrected chi connectivity index (χ1v) is 8.09. The molecule has 1 atom stereocenters. The van der Waals surface area contributed by atoms with E-state index in [4.69, 9.17) is 5.11 Å². The largest absolute Gasteiger partial charge is 0.396 e. The minimum absolute atomic E-state index is 0.154. The van der Waals surface area contributed by atoms with Gasteiger partial charge in [0.25, 0.3) is 5.91 Å². The van der Waals surface area contributed by atoms with E-state index in [9.17, 15) is 4.79 Å². The van der Waals surface area contributed by atoms with Crippen LogP contribution in [0.4, 0.5) is 5.69 Å². The zero-order chi connectivity index (χ0) is 14.7. The van der Waals surface area contributed by atoms with Gasteiger partial charge in [-0.15, -0.1) is 0 Å². The van der Waals surface area contributed by atoms with Crippen molar-refractivity contribution in [3.8, 4) is 0 Å². The molecule has 2 aliphatic heterocycles. The molecule has 21 heavy (non-hydrogen) atoms. The van der Waals surface area contributed by atoms with Crippen LogP contribution < -0.4 is 5.32 Å². The van der Waals surface area contributed by atoms with Gasteiger partial charge in [0.05, 0.1) is 11.3 Å². The maximum atomic E-state index is 12.9.